The maximum atomic E-state index is 11.6. The highest BCUT2D eigenvalue weighted by Crippen LogP contribution is 2.15. The zero-order chi connectivity index (χ0) is 13.5. The molecule has 0 fully saturated rings. The van der Waals surface area contributed by atoms with Crippen molar-refractivity contribution in [3.05, 3.63) is 18.1 Å². The van der Waals surface area contributed by atoms with Crippen molar-refractivity contribution in [3.63, 3.8) is 0 Å². The first kappa shape index (κ1) is 14.4. The van der Waals surface area contributed by atoms with Crippen molar-refractivity contribution in [2.24, 2.45) is 0 Å². The molecule has 100 valence electrons. The summed E-state index contributed by atoms with van der Waals surface area (Å²) in [6.45, 7) is 1.81. The lowest BCUT2D eigenvalue weighted by Gasteiger charge is -2.20. The van der Waals surface area contributed by atoms with Gasteiger partial charge < -0.3 is 14.5 Å². The van der Waals surface area contributed by atoms with Crippen molar-refractivity contribution in [1.29, 1.82) is 0 Å². The van der Waals surface area contributed by atoms with Crippen LogP contribution in [0.15, 0.2) is 12.5 Å². The van der Waals surface area contributed by atoms with Gasteiger partial charge in [0.25, 0.3) is 0 Å². The number of esters is 1. The first-order valence-electron chi connectivity index (χ1n) is 5.80. The Morgan fingerprint density at radius 2 is 2.06 bits per heavy atom. The van der Waals surface area contributed by atoms with Crippen LogP contribution in [0.25, 0.3) is 0 Å². The van der Waals surface area contributed by atoms with Crippen LogP contribution < -0.4 is 4.90 Å². The Labute approximate surface area is 108 Å². The molecule has 0 saturated heterocycles. The summed E-state index contributed by atoms with van der Waals surface area (Å²) in [5.74, 6) is 0.195. The molecule has 0 saturated carbocycles. The van der Waals surface area contributed by atoms with E-state index in [1.807, 2.05) is 26.0 Å². The molecule has 0 atom stereocenters. The Balaban J connectivity index is 2.72. The van der Waals surface area contributed by atoms with Gasteiger partial charge in [-0.15, -0.1) is 0 Å². The first-order valence-corrected chi connectivity index (χ1v) is 5.80. The minimum atomic E-state index is -0.412. The quantitative estimate of drug-likeness (QED) is 0.693. The van der Waals surface area contributed by atoms with Gasteiger partial charge in [-0.1, -0.05) is 0 Å². The number of carbonyl (C=O) groups excluding carboxylic acids is 1. The monoisotopic (exact) mass is 252 g/mol. The molecule has 0 aliphatic carbocycles. The molecule has 1 aromatic heterocycles. The van der Waals surface area contributed by atoms with Crippen LogP contribution in [0.4, 0.5) is 5.82 Å². The lowest BCUT2D eigenvalue weighted by atomic mass is 10.3. The molecule has 6 nitrogen and oxygen atoms in total. The van der Waals surface area contributed by atoms with Gasteiger partial charge in [0.05, 0.1) is 7.11 Å². The van der Waals surface area contributed by atoms with Gasteiger partial charge in [-0.2, -0.15) is 0 Å². The molecule has 0 spiro atoms. The third-order valence-corrected chi connectivity index (χ3v) is 2.56. The Bertz CT molecular complexity index is 395. The van der Waals surface area contributed by atoms with Crippen molar-refractivity contribution >= 4 is 11.8 Å². The van der Waals surface area contributed by atoms with E-state index in [0.29, 0.717) is 11.4 Å². The molecule has 6 heteroatoms. The Hall–Kier alpha value is -1.69. The SMILES string of the molecule is COC(=O)c1cncnc1N(C)CCCN(C)C. The second kappa shape index (κ2) is 6.90. The van der Waals surface area contributed by atoms with Gasteiger partial charge in [-0.25, -0.2) is 14.8 Å². The maximum Gasteiger partial charge on any atom is 0.343 e. The molecule has 0 N–H and O–H groups in total. The summed E-state index contributed by atoms with van der Waals surface area (Å²) >= 11 is 0. The number of anilines is 1. The van der Waals surface area contributed by atoms with Crippen LogP contribution in [0, 0.1) is 0 Å². The molecular formula is C12H20N4O2. The third kappa shape index (κ3) is 3.96. The number of rotatable bonds is 6. The van der Waals surface area contributed by atoms with Crippen molar-refractivity contribution in [3.8, 4) is 0 Å². The summed E-state index contributed by atoms with van der Waals surface area (Å²) in [5.41, 5.74) is 0.396. The van der Waals surface area contributed by atoms with E-state index in [1.165, 1.54) is 19.6 Å². The second-order valence-electron chi connectivity index (χ2n) is 4.33. The number of aromatic nitrogens is 2. The number of nitrogens with zero attached hydrogens (tertiary/aromatic N) is 4. The zero-order valence-corrected chi connectivity index (χ0v) is 11.4. The summed E-state index contributed by atoms with van der Waals surface area (Å²) in [6.07, 6.45) is 3.91. The van der Waals surface area contributed by atoms with Crippen molar-refractivity contribution in [2.45, 2.75) is 6.42 Å². The lowest BCUT2D eigenvalue weighted by molar-refractivity contribution is 0.0600. The van der Waals surface area contributed by atoms with Crippen LogP contribution in [0.1, 0.15) is 16.8 Å². The fourth-order valence-corrected chi connectivity index (χ4v) is 1.61. The topological polar surface area (TPSA) is 58.6 Å². The van der Waals surface area contributed by atoms with E-state index in [1.54, 1.807) is 0 Å². The highest BCUT2D eigenvalue weighted by Gasteiger charge is 2.16. The number of ether oxygens (including phenoxy) is 1. The summed E-state index contributed by atoms with van der Waals surface area (Å²) in [6, 6.07) is 0. The molecule has 0 radical (unpaired) electrons. The average molecular weight is 252 g/mol. The van der Waals surface area contributed by atoms with Crippen molar-refractivity contribution in [2.75, 3.05) is 46.2 Å². The Morgan fingerprint density at radius 3 is 2.67 bits per heavy atom. The Kier molecular flexibility index (Phi) is 5.51. The average Bonchev–Trinajstić information content (AvgIpc) is 2.37. The predicted molar refractivity (Wildman–Crippen MR) is 69.8 cm³/mol. The van der Waals surface area contributed by atoms with Crippen LogP contribution in [0.2, 0.25) is 0 Å². The third-order valence-electron chi connectivity index (χ3n) is 2.56. The fourth-order valence-electron chi connectivity index (χ4n) is 1.61. The lowest BCUT2D eigenvalue weighted by Crippen LogP contribution is -2.26. The van der Waals surface area contributed by atoms with Crippen LogP contribution in [-0.2, 0) is 4.74 Å². The second-order valence-corrected chi connectivity index (χ2v) is 4.33. The first-order chi connectivity index (χ1) is 8.56. The molecule has 0 aliphatic heterocycles. The van der Waals surface area contributed by atoms with E-state index in [9.17, 15) is 4.79 Å². The van der Waals surface area contributed by atoms with Crippen LogP contribution in [0.5, 0.6) is 0 Å². The number of carbonyl (C=O) groups is 1. The van der Waals surface area contributed by atoms with Crippen LogP contribution in [0.3, 0.4) is 0 Å². The molecule has 0 amide bonds. The van der Waals surface area contributed by atoms with Crippen molar-refractivity contribution < 1.29 is 9.53 Å². The van der Waals surface area contributed by atoms with E-state index in [0.717, 1.165) is 19.5 Å². The van der Waals surface area contributed by atoms with Gasteiger partial charge in [0.15, 0.2) is 0 Å². The minimum absolute atomic E-state index is 0.396. The molecule has 0 aliphatic rings. The molecule has 0 bridgehead atoms. The van der Waals surface area contributed by atoms with E-state index >= 15 is 0 Å². The van der Waals surface area contributed by atoms with Gasteiger partial charge in [-0.3, -0.25) is 0 Å². The van der Waals surface area contributed by atoms with Gasteiger partial charge >= 0.3 is 5.97 Å². The molecular weight excluding hydrogens is 232 g/mol. The van der Waals surface area contributed by atoms with E-state index in [4.69, 9.17) is 4.74 Å². The van der Waals surface area contributed by atoms with Gasteiger partial charge in [0.2, 0.25) is 0 Å². The summed E-state index contributed by atoms with van der Waals surface area (Å²) in [4.78, 5) is 23.6. The molecule has 1 rings (SSSR count). The molecule has 18 heavy (non-hydrogen) atoms. The summed E-state index contributed by atoms with van der Waals surface area (Å²) in [7, 11) is 7.32. The number of methoxy groups -OCH3 is 1. The number of hydrogen-bond acceptors (Lipinski definition) is 6. The smallest absolute Gasteiger partial charge is 0.343 e. The fraction of sp³-hybridized carbons (Fsp3) is 0.583. The largest absolute Gasteiger partial charge is 0.465 e. The van der Waals surface area contributed by atoms with Gasteiger partial charge in [-0.05, 0) is 27.1 Å². The van der Waals surface area contributed by atoms with Crippen molar-refractivity contribution in [1.82, 2.24) is 14.9 Å². The maximum absolute atomic E-state index is 11.6. The Morgan fingerprint density at radius 1 is 1.33 bits per heavy atom. The molecule has 0 unspecified atom stereocenters. The number of hydrogen-bond donors (Lipinski definition) is 0. The summed E-state index contributed by atoms with van der Waals surface area (Å²) in [5, 5.41) is 0. The summed E-state index contributed by atoms with van der Waals surface area (Å²) < 4.78 is 4.72. The van der Waals surface area contributed by atoms with Gasteiger partial charge in [0, 0.05) is 19.8 Å². The van der Waals surface area contributed by atoms with E-state index in [-0.39, 0.29) is 0 Å². The van der Waals surface area contributed by atoms with Gasteiger partial charge in [0.1, 0.15) is 17.7 Å². The standard InChI is InChI=1S/C12H20N4O2/c1-15(2)6-5-7-16(3)11-10(12(17)18-4)8-13-9-14-11/h8-9H,5-7H2,1-4H3. The highest BCUT2D eigenvalue weighted by molar-refractivity contribution is 5.94. The molecule has 1 aromatic rings. The van der Waals surface area contributed by atoms with E-state index < -0.39 is 5.97 Å². The predicted octanol–water partition coefficient (Wildman–Crippen LogP) is 0.651. The zero-order valence-electron chi connectivity index (χ0n) is 11.4. The van der Waals surface area contributed by atoms with Crippen LogP contribution in [-0.4, -0.2) is 62.2 Å². The molecule has 1 heterocycles. The molecule has 0 aromatic carbocycles. The van der Waals surface area contributed by atoms with E-state index in [2.05, 4.69) is 14.9 Å². The van der Waals surface area contributed by atoms with Crippen LogP contribution >= 0.6 is 0 Å². The normalized spacial score (nSPS) is 10.5. The highest BCUT2D eigenvalue weighted by atomic mass is 16.5. The minimum Gasteiger partial charge on any atom is -0.465 e.